The minimum absolute atomic E-state index is 0.169. The molecule has 0 bridgehead atoms. The third-order valence-electron chi connectivity index (χ3n) is 1.91. The van der Waals surface area contributed by atoms with Gasteiger partial charge in [-0.05, 0) is 13.8 Å². The summed E-state index contributed by atoms with van der Waals surface area (Å²) in [5.74, 6) is 0. The summed E-state index contributed by atoms with van der Waals surface area (Å²) in [6.07, 6.45) is -0.0644. The molecule has 4 heteroatoms. The van der Waals surface area contributed by atoms with Crippen molar-refractivity contribution in [3.8, 4) is 0 Å². The molecule has 0 spiro atoms. The first kappa shape index (κ1) is 8.93. The Hall–Kier alpha value is -0.160. The number of nitrogens with one attached hydrogen (secondary N) is 1. The maximum atomic E-state index is 5.11. The van der Waals surface area contributed by atoms with Gasteiger partial charge in [-0.25, -0.2) is 0 Å². The van der Waals surface area contributed by atoms with E-state index < -0.39 is 0 Å². The van der Waals surface area contributed by atoms with Gasteiger partial charge in [0.1, 0.15) is 0 Å². The summed E-state index contributed by atoms with van der Waals surface area (Å²) in [6, 6.07) is 0.241. The Morgan fingerprint density at radius 1 is 1.45 bits per heavy atom. The first-order valence-electron chi connectivity index (χ1n) is 3.76. The van der Waals surface area contributed by atoms with Crippen LogP contribution in [0.3, 0.4) is 0 Å². The molecule has 0 aromatic heterocycles. The van der Waals surface area contributed by atoms with Crippen molar-refractivity contribution in [1.82, 2.24) is 5.32 Å². The quantitative estimate of drug-likeness (QED) is 0.643. The summed E-state index contributed by atoms with van der Waals surface area (Å²) >= 11 is 0. The van der Waals surface area contributed by atoms with Gasteiger partial charge in [-0.3, -0.25) is 5.32 Å². The number of rotatable bonds is 4. The molecule has 0 aromatic carbocycles. The van der Waals surface area contributed by atoms with Crippen LogP contribution >= 0.6 is 0 Å². The predicted molar refractivity (Wildman–Crippen MR) is 39.9 cm³/mol. The zero-order chi connectivity index (χ0) is 8.27. The smallest absolute Gasteiger partial charge is 0.220 e. The van der Waals surface area contributed by atoms with Crippen LogP contribution < -0.4 is 5.32 Å². The molecule has 66 valence electrons. The molecule has 2 atom stereocenters. The van der Waals surface area contributed by atoms with Crippen LogP contribution in [0.25, 0.3) is 0 Å². The first-order chi connectivity index (χ1) is 5.24. The Labute approximate surface area is 66.8 Å². The van der Waals surface area contributed by atoms with E-state index in [0.717, 1.165) is 0 Å². The summed E-state index contributed by atoms with van der Waals surface area (Å²) in [5, 5.41) is 3.10. The molecule has 0 saturated carbocycles. The minimum Gasteiger partial charge on any atom is -0.380 e. The summed E-state index contributed by atoms with van der Waals surface area (Å²) < 4.78 is 15.1. The van der Waals surface area contributed by atoms with Crippen molar-refractivity contribution < 1.29 is 14.2 Å². The second kappa shape index (κ2) is 4.01. The van der Waals surface area contributed by atoms with E-state index in [1.54, 1.807) is 7.11 Å². The topological polar surface area (TPSA) is 39.7 Å². The highest BCUT2D eigenvalue weighted by Gasteiger charge is 2.22. The summed E-state index contributed by atoms with van der Waals surface area (Å²) in [6.45, 7) is 4.42. The van der Waals surface area contributed by atoms with E-state index in [1.165, 1.54) is 0 Å². The third-order valence-corrected chi connectivity index (χ3v) is 1.91. The Kier molecular flexibility index (Phi) is 3.26. The second-order valence-corrected chi connectivity index (χ2v) is 2.68. The lowest BCUT2D eigenvalue weighted by Gasteiger charge is -2.31. The van der Waals surface area contributed by atoms with Gasteiger partial charge >= 0.3 is 0 Å². The first-order valence-corrected chi connectivity index (χ1v) is 3.76. The molecule has 11 heavy (non-hydrogen) atoms. The highest BCUT2D eigenvalue weighted by atomic mass is 16.9. The van der Waals surface area contributed by atoms with Crippen LogP contribution in [0, 0.1) is 0 Å². The lowest BCUT2D eigenvalue weighted by Crippen LogP contribution is -2.50. The summed E-state index contributed by atoms with van der Waals surface area (Å²) in [7, 11) is 1.69. The van der Waals surface area contributed by atoms with Crippen molar-refractivity contribution in [1.29, 1.82) is 0 Å². The fraction of sp³-hybridized carbons (Fsp3) is 1.00. The van der Waals surface area contributed by atoms with Crippen LogP contribution in [-0.4, -0.2) is 32.5 Å². The standard InChI is InChI=1S/C7H15NO3/c1-5(6(2)9-3)8-7-10-4-11-7/h5-8H,4H2,1-3H3/t5-,6+/m1/s1. The van der Waals surface area contributed by atoms with E-state index in [-0.39, 0.29) is 18.6 Å². The van der Waals surface area contributed by atoms with Gasteiger partial charge < -0.3 is 14.2 Å². The van der Waals surface area contributed by atoms with E-state index in [0.29, 0.717) is 6.79 Å². The zero-order valence-electron chi connectivity index (χ0n) is 7.16. The molecule has 0 radical (unpaired) electrons. The Bertz CT molecular complexity index is 116. The Morgan fingerprint density at radius 2 is 2.09 bits per heavy atom. The van der Waals surface area contributed by atoms with Crippen LogP contribution in [0.2, 0.25) is 0 Å². The van der Waals surface area contributed by atoms with Crippen LogP contribution in [0.4, 0.5) is 0 Å². The zero-order valence-corrected chi connectivity index (χ0v) is 7.16. The van der Waals surface area contributed by atoms with Crippen LogP contribution in [-0.2, 0) is 14.2 Å². The Balaban J connectivity index is 2.13. The normalized spacial score (nSPS) is 24.3. The van der Waals surface area contributed by atoms with E-state index in [1.807, 2.05) is 13.8 Å². The van der Waals surface area contributed by atoms with Gasteiger partial charge in [0.2, 0.25) is 6.41 Å². The van der Waals surface area contributed by atoms with E-state index >= 15 is 0 Å². The number of hydrogen-bond acceptors (Lipinski definition) is 4. The molecular formula is C7H15NO3. The van der Waals surface area contributed by atoms with Gasteiger partial charge in [0, 0.05) is 13.2 Å². The van der Waals surface area contributed by atoms with E-state index in [2.05, 4.69) is 5.32 Å². The minimum atomic E-state index is -0.234. The number of hydrogen-bond donors (Lipinski definition) is 1. The van der Waals surface area contributed by atoms with E-state index in [4.69, 9.17) is 14.2 Å². The van der Waals surface area contributed by atoms with Crippen LogP contribution in [0.15, 0.2) is 0 Å². The highest BCUT2D eigenvalue weighted by molar-refractivity contribution is 4.68. The molecule has 0 aromatic rings. The largest absolute Gasteiger partial charge is 0.380 e. The van der Waals surface area contributed by atoms with Crippen molar-refractivity contribution in [2.75, 3.05) is 13.9 Å². The Morgan fingerprint density at radius 3 is 2.45 bits per heavy atom. The maximum absolute atomic E-state index is 5.11. The van der Waals surface area contributed by atoms with Crippen molar-refractivity contribution in [3.05, 3.63) is 0 Å². The van der Waals surface area contributed by atoms with Gasteiger partial charge in [-0.2, -0.15) is 0 Å². The lowest BCUT2D eigenvalue weighted by molar-refractivity contribution is -0.336. The van der Waals surface area contributed by atoms with Crippen molar-refractivity contribution in [2.24, 2.45) is 0 Å². The molecular weight excluding hydrogens is 146 g/mol. The molecule has 1 heterocycles. The van der Waals surface area contributed by atoms with Crippen LogP contribution in [0.5, 0.6) is 0 Å². The average Bonchev–Trinajstić information content (AvgIpc) is 1.94. The third kappa shape index (κ3) is 2.41. The number of ether oxygens (including phenoxy) is 3. The monoisotopic (exact) mass is 161 g/mol. The second-order valence-electron chi connectivity index (χ2n) is 2.68. The fourth-order valence-electron chi connectivity index (χ4n) is 0.787. The van der Waals surface area contributed by atoms with Crippen molar-refractivity contribution >= 4 is 0 Å². The van der Waals surface area contributed by atoms with Crippen molar-refractivity contribution in [2.45, 2.75) is 32.4 Å². The average molecular weight is 161 g/mol. The molecule has 1 N–H and O–H groups in total. The molecule has 1 aliphatic heterocycles. The van der Waals surface area contributed by atoms with Gasteiger partial charge in [0.05, 0.1) is 6.10 Å². The van der Waals surface area contributed by atoms with Gasteiger partial charge in [0.15, 0.2) is 6.79 Å². The highest BCUT2D eigenvalue weighted by Crippen LogP contribution is 2.06. The SMILES string of the molecule is CO[C@@H](C)[C@@H](C)NC1OCO1. The van der Waals surface area contributed by atoms with Crippen LogP contribution in [0.1, 0.15) is 13.8 Å². The molecule has 4 nitrogen and oxygen atoms in total. The molecule has 1 fully saturated rings. The molecule has 0 unspecified atom stereocenters. The predicted octanol–water partition coefficient (Wildman–Crippen LogP) is 0.287. The molecule has 1 saturated heterocycles. The fourth-order valence-corrected chi connectivity index (χ4v) is 0.787. The molecule has 1 aliphatic rings. The molecule has 1 rings (SSSR count). The van der Waals surface area contributed by atoms with E-state index in [9.17, 15) is 0 Å². The van der Waals surface area contributed by atoms with Gasteiger partial charge in [0.25, 0.3) is 0 Å². The summed E-state index contributed by atoms with van der Waals surface area (Å²) in [5.41, 5.74) is 0. The van der Waals surface area contributed by atoms with Gasteiger partial charge in [-0.15, -0.1) is 0 Å². The maximum Gasteiger partial charge on any atom is 0.220 e. The number of methoxy groups -OCH3 is 1. The van der Waals surface area contributed by atoms with Gasteiger partial charge in [-0.1, -0.05) is 0 Å². The molecule has 0 amide bonds. The molecule has 0 aliphatic carbocycles. The lowest BCUT2D eigenvalue weighted by atomic mass is 10.2. The van der Waals surface area contributed by atoms with Crippen molar-refractivity contribution in [3.63, 3.8) is 0 Å². The summed E-state index contributed by atoms with van der Waals surface area (Å²) in [4.78, 5) is 0.